The van der Waals surface area contributed by atoms with E-state index in [1.54, 1.807) is 31.2 Å². The first-order valence-electron chi connectivity index (χ1n) is 10.9. The van der Waals surface area contributed by atoms with Crippen LogP contribution in [0, 0.1) is 0 Å². The van der Waals surface area contributed by atoms with E-state index in [2.05, 4.69) is 4.98 Å². The van der Waals surface area contributed by atoms with E-state index < -0.39 is 29.1 Å². The van der Waals surface area contributed by atoms with Crippen LogP contribution in [0.5, 0.6) is 5.75 Å². The van der Waals surface area contributed by atoms with Crippen molar-refractivity contribution in [3.05, 3.63) is 56.9 Å². The summed E-state index contributed by atoms with van der Waals surface area (Å²) in [5.74, 6) is -1.67. The van der Waals surface area contributed by atoms with E-state index in [0.717, 1.165) is 0 Å². The molecule has 4 heterocycles. The highest BCUT2D eigenvalue weighted by Gasteiger charge is 2.50. The number of cyclic esters (lactones) is 1. The summed E-state index contributed by atoms with van der Waals surface area (Å²) in [5.41, 5.74) is 0.400. The highest BCUT2D eigenvalue weighted by molar-refractivity contribution is 6.01. The van der Waals surface area contributed by atoms with Gasteiger partial charge in [-0.25, -0.2) is 9.78 Å². The second-order valence-corrected chi connectivity index (χ2v) is 8.41. The van der Waals surface area contributed by atoms with Gasteiger partial charge >= 0.3 is 17.9 Å². The zero-order chi connectivity index (χ0) is 25.1. The molecule has 0 aliphatic carbocycles. The Morgan fingerprint density at radius 1 is 1.17 bits per heavy atom. The molecular formula is C25H20N2O8. The van der Waals surface area contributed by atoms with Crippen LogP contribution in [-0.2, 0) is 42.6 Å². The van der Waals surface area contributed by atoms with E-state index in [1.165, 1.54) is 18.4 Å². The molecule has 1 aromatic carbocycles. The summed E-state index contributed by atoms with van der Waals surface area (Å²) in [4.78, 5) is 66.4. The number of fused-ring (bicyclic) bond motifs is 5. The molecule has 10 nitrogen and oxygen atoms in total. The molecule has 0 unspecified atom stereocenters. The summed E-state index contributed by atoms with van der Waals surface area (Å²) in [7, 11) is 0. The number of aromatic nitrogens is 2. The second-order valence-electron chi connectivity index (χ2n) is 8.41. The van der Waals surface area contributed by atoms with Crippen molar-refractivity contribution in [1.82, 2.24) is 9.55 Å². The molecule has 10 heteroatoms. The van der Waals surface area contributed by atoms with E-state index in [0.29, 0.717) is 39.7 Å². The molecule has 0 fully saturated rings. The molecule has 0 saturated carbocycles. The van der Waals surface area contributed by atoms with Crippen LogP contribution in [0.4, 0.5) is 0 Å². The first-order valence-corrected chi connectivity index (χ1v) is 10.9. The summed E-state index contributed by atoms with van der Waals surface area (Å²) in [6, 6.07) is 6.36. The summed E-state index contributed by atoms with van der Waals surface area (Å²) < 4.78 is 17.3. The van der Waals surface area contributed by atoms with Gasteiger partial charge in [0.2, 0.25) is 5.60 Å². The lowest BCUT2D eigenvalue weighted by atomic mass is 9.85. The van der Waals surface area contributed by atoms with Crippen LogP contribution in [0.2, 0.25) is 0 Å². The lowest BCUT2D eigenvalue weighted by Crippen LogP contribution is -2.47. The quantitative estimate of drug-likeness (QED) is 0.247. The number of hydrogen-bond acceptors (Lipinski definition) is 9. The Labute approximate surface area is 198 Å². The lowest BCUT2D eigenvalue weighted by Gasteiger charge is -2.35. The number of esters is 3. The van der Waals surface area contributed by atoms with Crippen molar-refractivity contribution in [1.29, 1.82) is 0 Å². The third kappa shape index (κ3) is 3.24. The van der Waals surface area contributed by atoms with E-state index in [-0.39, 0.29) is 36.4 Å². The van der Waals surface area contributed by atoms with Crippen LogP contribution in [0.15, 0.2) is 29.1 Å². The Kier molecular flexibility index (Phi) is 5.04. The Hall–Kier alpha value is -4.34. The summed E-state index contributed by atoms with van der Waals surface area (Å²) >= 11 is 0. The average Bonchev–Trinajstić information content (AvgIpc) is 3.17. The number of carbonyl (C=O) groups is 4. The van der Waals surface area contributed by atoms with Gasteiger partial charge in [0.25, 0.3) is 5.56 Å². The minimum atomic E-state index is -1.75. The molecule has 2 aromatic heterocycles. The molecule has 2 aliphatic heterocycles. The number of carbonyl (C=O) groups excluding carboxylic acids is 4. The summed E-state index contributed by atoms with van der Waals surface area (Å²) in [5, 5.41) is 0.476. The van der Waals surface area contributed by atoms with Gasteiger partial charge in [0, 0.05) is 35.9 Å². The number of rotatable bonds is 4. The van der Waals surface area contributed by atoms with E-state index >= 15 is 0 Å². The van der Waals surface area contributed by atoms with Gasteiger partial charge in [0.1, 0.15) is 12.4 Å². The normalized spacial score (nSPS) is 17.7. The number of benzene rings is 1. The SMILES string of the molecule is CC[C@@]1(OC(C)=O)C(=O)OCc2c1cc1n(c2=O)Cc2c-1nc1ccc(OC(C)=O)cc1c2C=O. The van der Waals surface area contributed by atoms with E-state index in [9.17, 15) is 24.0 Å². The molecule has 1 atom stereocenters. The monoisotopic (exact) mass is 476 g/mol. The van der Waals surface area contributed by atoms with Crippen LogP contribution >= 0.6 is 0 Å². The minimum Gasteiger partial charge on any atom is -0.457 e. The third-order valence-electron chi connectivity index (χ3n) is 6.37. The Balaban J connectivity index is 1.77. The number of aldehydes is 1. The van der Waals surface area contributed by atoms with Crippen molar-refractivity contribution in [2.75, 3.05) is 0 Å². The highest BCUT2D eigenvalue weighted by atomic mass is 16.6. The molecule has 0 spiro atoms. The maximum Gasteiger partial charge on any atom is 0.355 e. The van der Waals surface area contributed by atoms with Gasteiger partial charge in [-0.15, -0.1) is 0 Å². The van der Waals surface area contributed by atoms with Crippen molar-refractivity contribution in [2.24, 2.45) is 0 Å². The van der Waals surface area contributed by atoms with Gasteiger partial charge in [-0.2, -0.15) is 0 Å². The molecule has 0 bridgehead atoms. The predicted octanol–water partition coefficient (Wildman–Crippen LogP) is 2.39. The average molecular weight is 476 g/mol. The Morgan fingerprint density at radius 2 is 1.94 bits per heavy atom. The zero-order valence-electron chi connectivity index (χ0n) is 19.2. The zero-order valence-corrected chi connectivity index (χ0v) is 19.2. The topological polar surface area (TPSA) is 131 Å². The molecule has 0 N–H and O–H groups in total. The number of hydrogen-bond donors (Lipinski definition) is 0. The molecule has 0 amide bonds. The summed E-state index contributed by atoms with van der Waals surface area (Å²) in [6.45, 7) is 3.94. The van der Waals surface area contributed by atoms with Crippen molar-refractivity contribution in [3.8, 4) is 17.1 Å². The van der Waals surface area contributed by atoms with Crippen molar-refractivity contribution in [3.63, 3.8) is 0 Å². The fourth-order valence-corrected chi connectivity index (χ4v) is 4.86. The second kappa shape index (κ2) is 7.86. The Morgan fingerprint density at radius 3 is 2.60 bits per heavy atom. The molecule has 35 heavy (non-hydrogen) atoms. The number of ether oxygens (including phenoxy) is 3. The number of nitrogens with zero attached hydrogens (tertiary/aromatic N) is 2. The van der Waals surface area contributed by atoms with Gasteiger partial charge in [0.15, 0.2) is 6.29 Å². The molecule has 5 rings (SSSR count). The van der Waals surface area contributed by atoms with Crippen molar-refractivity contribution in [2.45, 2.75) is 45.9 Å². The maximum atomic E-state index is 13.5. The van der Waals surface area contributed by atoms with E-state index in [4.69, 9.17) is 14.2 Å². The smallest absolute Gasteiger partial charge is 0.355 e. The molecule has 3 aromatic rings. The standard InChI is InChI=1S/C25H20N2O8/c1-4-25(35-13(3)30)19-8-21-22-16(9-27(21)23(31)18(19)11-33-24(25)32)17(10-28)15-7-14(34-12(2)29)5-6-20(15)26-22/h5-8,10H,4,9,11H2,1-3H3/t25-/m0/s1. The predicted molar refractivity (Wildman–Crippen MR) is 121 cm³/mol. The number of pyridine rings is 2. The fraction of sp³-hybridized carbons (Fsp3) is 0.280. The van der Waals surface area contributed by atoms with Crippen molar-refractivity contribution >= 4 is 35.1 Å². The van der Waals surface area contributed by atoms with Crippen LogP contribution in [0.3, 0.4) is 0 Å². The van der Waals surface area contributed by atoms with Crippen LogP contribution < -0.4 is 10.3 Å². The van der Waals surface area contributed by atoms with Gasteiger partial charge < -0.3 is 18.8 Å². The maximum absolute atomic E-state index is 13.5. The van der Waals surface area contributed by atoms with E-state index in [1.807, 2.05) is 0 Å². The lowest BCUT2D eigenvalue weighted by molar-refractivity contribution is -0.188. The summed E-state index contributed by atoms with van der Waals surface area (Å²) in [6.07, 6.45) is 0.747. The first-order chi connectivity index (χ1) is 16.7. The van der Waals surface area contributed by atoms with Crippen molar-refractivity contribution < 1.29 is 33.4 Å². The van der Waals surface area contributed by atoms with Gasteiger partial charge in [-0.05, 0) is 30.7 Å². The van der Waals surface area contributed by atoms with Crippen LogP contribution in [-0.4, -0.2) is 33.7 Å². The molecule has 178 valence electrons. The van der Waals surface area contributed by atoms with Gasteiger partial charge in [-0.3, -0.25) is 19.2 Å². The Bertz CT molecular complexity index is 1540. The molecule has 0 radical (unpaired) electrons. The molecule has 0 saturated heterocycles. The largest absolute Gasteiger partial charge is 0.457 e. The van der Waals surface area contributed by atoms with Gasteiger partial charge in [-0.1, -0.05) is 6.92 Å². The van der Waals surface area contributed by atoms with Crippen LogP contribution in [0.25, 0.3) is 22.3 Å². The third-order valence-corrected chi connectivity index (χ3v) is 6.37. The minimum absolute atomic E-state index is 0.0673. The van der Waals surface area contributed by atoms with Crippen LogP contribution in [0.1, 0.15) is 54.2 Å². The fourth-order valence-electron chi connectivity index (χ4n) is 4.86. The first kappa shape index (κ1) is 22.5. The van der Waals surface area contributed by atoms with Gasteiger partial charge in [0.05, 0.1) is 29.0 Å². The molecule has 2 aliphatic rings. The molecular weight excluding hydrogens is 456 g/mol. The highest BCUT2D eigenvalue weighted by Crippen LogP contribution is 2.42.